The molecule has 0 aliphatic rings. The van der Waals surface area contributed by atoms with Gasteiger partial charge in [-0.2, -0.15) is 5.26 Å². The number of ether oxygens (including phenoxy) is 1. The Morgan fingerprint density at radius 2 is 2.24 bits per heavy atom. The zero-order valence-electron chi connectivity index (χ0n) is 10.4. The second kappa shape index (κ2) is 6.63. The van der Waals surface area contributed by atoms with Crippen LogP contribution in [0.15, 0.2) is 16.6 Å². The van der Waals surface area contributed by atoms with Crippen LogP contribution in [0.25, 0.3) is 0 Å². The first-order chi connectivity index (χ1) is 8.08. The highest BCUT2D eigenvalue weighted by atomic mass is 79.9. The summed E-state index contributed by atoms with van der Waals surface area (Å²) in [6.07, 6.45) is -0.435. The van der Waals surface area contributed by atoms with Crippen LogP contribution in [0.5, 0.6) is 5.75 Å². The van der Waals surface area contributed by atoms with E-state index in [1.54, 1.807) is 6.92 Å². The lowest BCUT2D eigenvalue weighted by molar-refractivity contribution is 0.271. The number of benzene rings is 1. The van der Waals surface area contributed by atoms with Crippen molar-refractivity contribution in [2.75, 3.05) is 6.54 Å². The average molecular weight is 297 g/mol. The molecule has 0 saturated carbocycles. The van der Waals surface area contributed by atoms with Crippen LogP contribution < -0.4 is 10.1 Å². The third kappa shape index (κ3) is 4.03. The molecule has 4 heteroatoms. The summed E-state index contributed by atoms with van der Waals surface area (Å²) in [7, 11) is 0. The maximum atomic E-state index is 8.81. The monoisotopic (exact) mass is 296 g/mol. The largest absolute Gasteiger partial charge is 0.475 e. The highest BCUT2D eigenvalue weighted by molar-refractivity contribution is 9.10. The van der Waals surface area contributed by atoms with Crippen LogP contribution in [0.3, 0.4) is 0 Å². The van der Waals surface area contributed by atoms with E-state index in [2.05, 4.69) is 34.2 Å². The number of nitrogens with one attached hydrogen (secondary N) is 1. The molecule has 0 heterocycles. The summed E-state index contributed by atoms with van der Waals surface area (Å²) in [5.41, 5.74) is 2.11. The number of halogens is 1. The van der Waals surface area contributed by atoms with Gasteiger partial charge in [-0.05, 0) is 38.1 Å². The van der Waals surface area contributed by atoms with E-state index in [1.807, 2.05) is 19.1 Å². The summed E-state index contributed by atoms with van der Waals surface area (Å²) in [5, 5.41) is 12.1. The smallest absolute Gasteiger partial charge is 0.181 e. The van der Waals surface area contributed by atoms with Gasteiger partial charge in [0.15, 0.2) is 6.10 Å². The summed E-state index contributed by atoms with van der Waals surface area (Å²) >= 11 is 3.47. The van der Waals surface area contributed by atoms with E-state index in [-0.39, 0.29) is 0 Å². The van der Waals surface area contributed by atoms with E-state index in [0.717, 1.165) is 34.4 Å². The molecule has 1 aromatic carbocycles. The van der Waals surface area contributed by atoms with Crippen LogP contribution in [0, 0.1) is 18.3 Å². The van der Waals surface area contributed by atoms with Crippen LogP contribution in [0.2, 0.25) is 0 Å². The molecule has 1 unspecified atom stereocenters. The molecule has 1 atom stereocenters. The predicted octanol–water partition coefficient (Wildman–Crippen LogP) is 3.16. The molecule has 1 rings (SSSR count). The zero-order valence-corrected chi connectivity index (χ0v) is 12.0. The van der Waals surface area contributed by atoms with Crippen molar-refractivity contribution in [3.8, 4) is 11.8 Å². The summed E-state index contributed by atoms with van der Waals surface area (Å²) in [4.78, 5) is 0. The van der Waals surface area contributed by atoms with Crippen LogP contribution in [-0.2, 0) is 6.54 Å². The minimum absolute atomic E-state index is 0.435. The Bertz CT molecular complexity index is 426. The summed E-state index contributed by atoms with van der Waals surface area (Å²) < 4.78 is 6.68. The predicted molar refractivity (Wildman–Crippen MR) is 72.0 cm³/mol. The molecule has 0 aromatic heterocycles. The molecule has 0 aliphatic carbocycles. The van der Waals surface area contributed by atoms with E-state index in [1.165, 1.54) is 0 Å². The summed E-state index contributed by atoms with van der Waals surface area (Å²) in [5.74, 6) is 0.809. The lowest BCUT2D eigenvalue weighted by atomic mass is 10.1. The maximum Gasteiger partial charge on any atom is 0.181 e. The lowest BCUT2D eigenvalue weighted by Crippen LogP contribution is -2.16. The van der Waals surface area contributed by atoms with Crippen LogP contribution >= 0.6 is 15.9 Å². The lowest BCUT2D eigenvalue weighted by Gasteiger charge is -2.16. The van der Waals surface area contributed by atoms with Crippen molar-refractivity contribution in [2.45, 2.75) is 33.4 Å². The topological polar surface area (TPSA) is 45.0 Å². The molecule has 1 aromatic rings. The molecule has 92 valence electrons. The van der Waals surface area contributed by atoms with Crippen molar-refractivity contribution >= 4 is 15.9 Å². The Hall–Kier alpha value is -1.05. The fourth-order valence-corrected chi connectivity index (χ4v) is 2.18. The molecular weight excluding hydrogens is 280 g/mol. The molecule has 0 aliphatic heterocycles. The van der Waals surface area contributed by atoms with Gasteiger partial charge in [-0.15, -0.1) is 0 Å². The normalized spacial score (nSPS) is 11.9. The van der Waals surface area contributed by atoms with Crippen molar-refractivity contribution < 1.29 is 4.74 Å². The van der Waals surface area contributed by atoms with Gasteiger partial charge in [-0.1, -0.05) is 22.9 Å². The van der Waals surface area contributed by atoms with Gasteiger partial charge >= 0.3 is 0 Å². The molecule has 0 spiro atoms. The zero-order chi connectivity index (χ0) is 12.8. The maximum absolute atomic E-state index is 8.81. The molecule has 3 nitrogen and oxygen atoms in total. The number of hydrogen-bond donors (Lipinski definition) is 1. The second-order valence-corrected chi connectivity index (χ2v) is 4.80. The van der Waals surface area contributed by atoms with E-state index >= 15 is 0 Å². The van der Waals surface area contributed by atoms with Crippen molar-refractivity contribution in [1.29, 1.82) is 5.26 Å². The highest BCUT2D eigenvalue weighted by Crippen LogP contribution is 2.28. The quantitative estimate of drug-likeness (QED) is 0.908. The van der Waals surface area contributed by atoms with Crippen molar-refractivity contribution in [2.24, 2.45) is 0 Å². The van der Waals surface area contributed by atoms with Gasteiger partial charge in [0.1, 0.15) is 11.8 Å². The number of nitriles is 1. The van der Waals surface area contributed by atoms with E-state index < -0.39 is 6.10 Å². The van der Waals surface area contributed by atoms with Gasteiger partial charge in [0, 0.05) is 16.6 Å². The molecule has 0 bridgehead atoms. The molecule has 0 fully saturated rings. The summed E-state index contributed by atoms with van der Waals surface area (Å²) in [6.45, 7) is 7.44. The Morgan fingerprint density at radius 3 is 2.82 bits per heavy atom. The molecule has 0 amide bonds. The number of aryl methyl sites for hydroxylation is 1. The summed E-state index contributed by atoms with van der Waals surface area (Å²) in [6, 6.07) is 6.10. The average Bonchev–Trinajstić information content (AvgIpc) is 2.29. The fourth-order valence-electron chi connectivity index (χ4n) is 1.56. The van der Waals surface area contributed by atoms with E-state index in [0.29, 0.717) is 0 Å². The van der Waals surface area contributed by atoms with Gasteiger partial charge in [-0.25, -0.2) is 0 Å². The Balaban J connectivity index is 3.03. The second-order valence-electron chi connectivity index (χ2n) is 3.88. The number of rotatable bonds is 5. The molecule has 0 radical (unpaired) electrons. The number of nitrogens with zero attached hydrogens (tertiary/aromatic N) is 1. The highest BCUT2D eigenvalue weighted by Gasteiger charge is 2.11. The third-order valence-electron chi connectivity index (χ3n) is 2.36. The van der Waals surface area contributed by atoms with Crippen LogP contribution in [0.4, 0.5) is 0 Å². The Morgan fingerprint density at radius 1 is 1.53 bits per heavy atom. The van der Waals surface area contributed by atoms with Gasteiger partial charge in [0.05, 0.1) is 0 Å². The first-order valence-electron chi connectivity index (χ1n) is 5.64. The Labute approximate surface area is 111 Å². The van der Waals surface area contributed by atoms with Gasteiger partial charge in [0.2, 0.25) is 0 Å². The molecular formula is C13H17BrN2O. The molecule has 17 heavy (non-hydrogen) atoms. The van der Waals surface area contributed by atoms with Gasteiger partial charge in [0.25, 0.3) is 0 Å². The van der Waals surface area contributed by atoms with E-state index in [4.69, 9.17) is 10.00 Å². The first-order valence-corrected chi connectivity index (χ1v) is 6.43. The van der Waals surface area contributed by atoms with Gasteiger partial charge in [-0.3, -0.25) is 0 Å². The van der Waals surface area contributed by atoms with Crippen molar-refractivity contribution in [3.63, 3.8) is 0 Å². The first kappa shape index (κ1) is 14.0. The molecule has 0 saturated heterocycles. The standard InChI is InChI=1S/C13H17BrN2O/c1-4-16-8-11-6-12(14)5-9(2)13(11)17-10(3)7-15/h5-6,10,16H,4,8H2,1-3H3. The minimum atomic E-state index is -0.435. The third-order valence-corrected chi connectivity index (χ3v) is 2.82. The Kier molecular flexibility index (Phi) is 5.46. The minimum Gasteiger partial charge on any atom is -0.475 e. The SMILES string of the molecule is CCNCc1cc(Br)cc(C)c1OC(C)C#N. The molecule has 1 N–H and O–H groups in total. The van der Waals surface area contributed by atoms with Crippen LogP contribution in [-0.4, -0.2) is 12.6 Å². The van der Waals surface area contributed by atoms with Gasteiger partial charge < -0.3 is 10.1 Å². The van der Waals surface area contributed by atoms with Crippen molar-refractivity contribution in [3.05, 3.63) is 27.7 Å². The van der Waals surface area contributed by atoms with Crippen molar-refractivity contribution in [1.82, 2.24) is 5.32 Å². The van der Waals surface area contributed by atoms with E-state index in [9.17, 15) is 0 Å². The van der Waals surface area contributed by atoms with Crippen LogP contribution in [0.1, 0.15) is 25.0 Å². The fraction of sp³-hybridized carbons (Fsp3) is 0.462. The number of hydrogen-bond acceptors (Lipinski definition) is 3.